The molecule has 0 amide bonds. The van der Waals surface area contributed by atoms with Crippen LogP contribution in [-0.4, -0.2) is 5.48 Å². The summed E-state index contributed by atoms with van der Waals surface area (Å²) < 4.78 is 0. The molecule has 3 nitrogen and oxygen atoms in total. The van der Waals surface area contributed by atoms with Crippen LogP contribution >= 0.6 is 12.4 Å². The van der Waals surface area contributed by atoms with Gasteiger partial charge in [-0.1, -0.05) is 18.2 Å². The minimum atomic E-state index is 0. The van der Waals surface area contributed by atoms with Crippen molar-refractivity contribution in [2.45, 2.75) is 6.92 Å². The van der Waals surface area contributed by atoms with E-state index in [0.717, 1.165) is 5.69 Å². The number of hydrogen-bond donors (Lipinski definition) is 2. The fourth-order valence-electron chi connectivity index (χ4n) is 0.735. The van der Waals surface area contributed by atoms with Crippen LogP contribution in [0.4, 0.5) is 5.69 Å². The van der Waals surface area contributed by atoms with Crippen LogP contribution in [0.15, 0.2) is 24.3 Å². The van der Waals surface area contributed by atoms with Crippen LogP contribution in [-0.2, 0) is 0 Å². The number of hydrogen-bond acceptors (Lipinski definition) is 2. The van der Waals surface area contributed by atoms with E-state index >= 15 is 0 Å². The van der Waals surface area contributed by atoms with Gasteiger partial charge >= 0.3 is 0 Å². The first-order chi connectivity index (χ1) is 4.34. The molecule has 0 saturated heterocycles. The summed E-state index contributed by atoms with van der Waals surface area (Å²) in [4.78, 5) is 0. The van der Waals surface area contributed by atoms with Gasteiger partial charge in [-0.05, 0) is 18.6 Å². The van der Waals surface area contributed by atoms with Crippen molar-refractivity contribution in [3.05, 3.63) is 29.8 Å². The molecule has 0 unspecified atom stereocenters. The van der Waals surface area contributed by atoms with Gasteiger partial charge in [0, 0.05) is 0 Å². The van der Waals surface area contributed by atoms with Crippen molar-refractivity contribution < 1.29 is 5.48 Å². The number of hydrazine groups is 1. The molecule has 5 N–H and O–H groups in total. The van der Waals surface area contributed by atoms with Crippen molar-refractivity contribution in [2.24, 2.45) is 5.84 Å². The molecule has 0 radical (unpaired) electrons. The molecule has 0 saturated carbocycles. The van der Waals surface area contributed by atoms with Crippen LogP contribution in [0.25, 0.3) is 0 Å². The summed E-state index contributed by atoms with van der Waals surface area (Å²) >= 11 is 0. The summed E-state index contributed by atoms with van der Waals surface area (Å²) in [5.74, 6) is 5.20. The fraction of sp³-hybridized carbons (Fsp3) is 0.143. The van der Waals surface area contributed by atoms with Crippen molar-refractivity contribution in [3.63, 3.8) is 0 Å². The highest BCUT2D eigenvalue weighted by Gasteiger charge is 1.88. The second kappa shape index (κ2) is 5.97. The Bertz CT molecular complexity index is 205. The van der Waals surface area contributed by atoms with Gasteiger partial charge < -0.3 is 10.9 Å². The van der Waals surface area contributed by atoms with Crippen molar-refractivity contribution in [3.8, 4) is 0 Å². The Kier molecular flexibility index (Phi) is 6.99. The highest BCUT2D eigenvalue weighted by Crippen LogP contribution is 2.10. The molecule has 0 aliphatic heterocycles. The highest BCUT2D eigenvalue weighted by molar-refractivity contribution is 5.85. The minimum absolute atomic E-state index is 0. The normalized spacial score (nSPS) is 7.45. The predicted octanol–water partition coefficient (Wildman–Crippen LogP) is 0.878. The summed E-state index contributed by atoms with van der Waals surface area (Å²) in [6, 6.07) is 7.88. The number of aryl methyl sites for hydroxylation is 1. The molecule has 1 rings (SSSR count). The lowest BCUT2D eigenvalue weighted by molar-refractivity contribution is 0.824. The van der Waals surface area contributed by atoms with Crippen LogP contribution < -0.4 is 11.3 Å². The molecular formula is C7H13ClN2O. The quantitative estimate of drug-likeness (QED) is 0.493. The van der Waals surface area contributed by atoms with E-state index in [1.54, 1.807) is 0 Å². The first-order valence-electron chi connectivity index (χ1n) is 2.87. The van der Waals surface area contributed by atoms with E-state index in [2.05, 4.69) is 5.43 Å². The fourth-order valence-corrected chi connectivity index (χ4v) is 0.735. The zero-order valence-electron chi connectivity index (χ0n) is 6.29. The van der Waals surface area contributed by atoms with Crippen LogP contribution in [0.1, 0.15) is 5.56 Å². The zero-order chi connectivity index (χ0) is 6.69. The molecule has 0 bridgehead atoms. The molecule has 1 aromatic carbocycles. The number of para-hydroxylation sites is 1. The van der Waals surface area contributed by atoms with Crippen molar-refractivity contribution >= 4 is 18.1 Å². The lowest BCUT2D eigenvalue weighted by Crippen LogP contribution is -2.07. The van der Waals surface area contributed by atoms with Gasteiger partial charge in [0.1, 0.15) is 0 Å². The molecule has 0 fully saturated rings. The Morgan fingerprint density at radius 1 is 1.27 bits per heavy atom. The smallest absolute Gasteiger partial charge is 0.0514 e. The largest absolute Gasteiger partial charge is 0.412 e. The van der Waals surface area contributed by atoms with Gasteiger partial charge in [0.25, 0.3) is 0 Å². The van der Waals surface area contributed by atoms with Crippen LogP contribution in [0.5, 0.6) is 0 Å². The molecule has 0 atom stereocenters. The summed E-state index contributed by atoms with van der Waals surface area (Å²) in [5, 5.41) is 0. The Balaban J connectivity index is 0. The minimum Gasteiger partial charge on any atom is -0.412 e. The number of nitrogen functional groups attached to an aromatic ring is 1. The average molecular weight is 177 g/mol. The molecular weight excluding hydrogens is 164 g/mol. The van der Waals surface area contributed by atoms with Crippen molar-refractivity contribution in [2.75, 3.05) is 5.43 Å². The number of rotatable bonds is 1. The number of benzene rings is 1. The van der Waals surface area contributed by atoms with E-state index in [1.807, 2.05) is 31.2 Å². The molecule has 11 heavy (non-hydrogen) atoms. The van der Waals surface area contributed by atoms with Gasteiger partial charge in [-0.2, -0.15) is 0 Å². The Hall–Kier alpha value is -0.770. The summed E-state index contributed by atoms with van der Waals surface area (Å²) in [5.41, 5.74) is 4.75. The van der Waals surface area contributed by atoms with E-state index in [1.165, 1.54) is 5.56 Å². The maximum atomic E-state index is 5.20. The van der Waals surface area contributed by atoms with Gasteiger partial charge in [-0.3, -0.25) is 5.84 Å². The second-order valence-corrected chi connectivity index (χ2v) is 1.96. The van der Waals surface area contributed by atoms with Crippen LogP contribution in [0.2, 0.25) is 0 Å². The third kappa shape index (κ3) is 3.23. The molecule has 4 heteroatoms. The van der Waals surface area contributed by atoms with Gasteiger partial charge in [0.05, 0.1) is 5.69 Å². The topological polar surface area (TPSA) is 69.5 Å². The van der Waals surface area contributed by atoms with E-state index in [-0.39, 0.29) is 17.9 Å². The maximum Gasteiger partial charge on any atom is 0.0514 e. The van der Waals surface area contributed by atoms with Crippen LogP contribution in [0, 0.1) is 6.92 Å². The highest BCUT2D eigenvalue weighted by atomic mass is 35.5. The first kappa shape index (κ1) is 12.9. The third-order valence-electron chi connectivity index (χ3n) is 1.30. The Morgan fingerprint density at radius 3 is 2.18 bits per heavy atom. The van der Waals surface area contributed by atoms with E-state index in [0.29, 0.717) is 0 Å². The van der Waals surface area contributed by atoms with Gasteiger partial charge in [0.2, 0.25) is 0 Å². The number of anilines is 1. The first-order valence-corrected chi connectivity index (χ1v) is 2.87. The number of nitrogens with two attached hydrogens (primary N) is 1. The molecule has 0 heterocycles. The SMILES string of the molecule is Cc1ccccc1NN.Cl.O. The summed E-state index contributed by atoms with van der Waals surface area (Å²) in [6.07, 6.45) is 0. The van der Waals surface area contributed by atoms with E-state index in [9.17, 15) is 0 Å². The van der Waals surface area contributed by atoms with Gasteiger partial charge in [0.15, 0.2) is 0 Å². The predicted molar refractivity (Wildman–Crippen MR) is 49.9 cm³/mol. The number of nitrogens with one attached hydrogen (secondary N) is 1. The Morgan fingerprint density at radius 2 is 1.82 bits per heavy atom. The lowest BCUT2D eigenvalue weighted by Gasteiger charge is -2.01. The third-order valence-corrected chi connectivity index (χ3v) is 1.30. The van der Waals surface area contributed by atoms with Crippen molar-refractivity contribution in [1.29, 1.82) is 0 Å². The molecule has 0 aliphatic rings. The average Bonchev–Trinajstić information content (AvgIpc) is 1.89. The summed E-state index contributed by atoms with van der Waals surface area (Å²) in [6.45, 7) is 2.01. The standard InChI is InChI=1S/C7H10N2.ClH.H2O/c1-6-4-2-3-5-7(6)9-8;;/h2-5,9H,8H2,1H3;1H;1H2. The van der Waals surface area contributed by atoms with E-state index < -0.39 is 0 Å². The zero-order valence-corrected chi connectivity index (χ0v) is 7.11. The van der Waals surface area contributed by atoms with Crippen LogP contribution in [0.3, 0.4) is 0 Å². The maximum absolute atomic E-state index is 5.20. The molecule has 1 aromatic rings. The summed E-state index contributed by atoms with van der Waals surface area (Å²) in [7, 11) is 0. The number of halogens is 1. The Labute approximate surface area is 72.3 Å². The van der Waals surface area contributed by atoms with Crippen molar-refractivity contribution in [1.82, 2.24) is 0 Å². The van der Waals surface area contributed by atoms with E-state index in [4.69, 9.17) is 5.84 Å². The second-order valence-electron chi connectivity index (χ2n) is 1.96. The lowest BCUT2D eigenvalue weighted by atomic mass is 10.2. The van der Waals surface area contributed by atoms with Gasteiger partial charge in [-0.25, -0.2) is 0 Å². The molecule has 0 spiro atoms. The van der Waals surface area contributed by atoms with Gasteiger partial charge in [-0.15, -0.1) is 12.4 Å². The molecule has 0 aliphatic carbocycles. The monoisotopic (exact) mass is 176 g/mol. The molecule has 0 aromatic heterocycles. The molecule has 64 valence electrons.